The van der Waals surface area contributed by atoms with Crippen LogP contribution in [0.25, 0.3) is 11.4 Å². The van der Waals surface area contributed by atoms with Crippen molar-refractivity contribution in [3.63, 3.8) is 0 Å². The van der Waals surface area contributed by atoms with Crippen molar-refractivity contribution in [2.75, 3.05) is 6.54 Å². The van der Waals surface area contributed by atoms with Gasteiger partial charge in [-0.05, 0) is 43.5 Å². The maximum absolute atomic E-state index is 12.7. The zero-order valence-electron chi connectivity index (χ0n) is 13.3. The summed E-state index contributed by atoms with van der Waals surface area (Å²) in [6.45, 7) is 0.660. The number of hydrogen-bond acceptors (Lipinski definition) is 4. The van der Waals surface area contributed by atoms with E-state index in [2.05, 4.69) is 10.1 Å². The van der Waals surface area contributed by atoms with Crippen LogP contribution in [0.3, 0.4) is 0 Å². The fourth-order valence-corrected chi connectivity index (χ4v) is 3.70. The van der Waals surface area contributed by atoms with Gasteiger partial charge in [-0.3, -0.25) is 14.3 Å². The number of piperidine rings is 1. The van der Waals surface area contributed by atoms with E-state index in [0.717, 1.165) is 24.8 Å². The van der Waals surface area contributed by atoms with Gasteiger partial charge in [-0.2, -0.15) is 5.10 Å². The van der Waals surface area contributed by atoms with Crippen LogP contribution in [0.5, 0.6) is 0 Å². The number of Topliss-reactive ketones (excluding diaryl/α,β-unsaturated/α-hetero) is 1. The van der Waals surface area contributed by atoms with Crippen LogP contribution in [-0.4, -0.2) is 43.9 Å². The molecule has 0 spiro atoms. The number of aromatic nitrogens is 3. The van der Waals surface area contributed by atoms with E-state index in [4.69, 9.17) is 11.6 Å². The highest BCUT2D eigenvalue weighted by atomic mass is 35.5. The average molecular weight is 345 g/mol. The molecule has 4 rings (SSSR count). The van der Waals surface area contributed by atoms with E-state index in [9.17, 15) is 9.59 Å². The van der Waals surface area contributed by atoms with Crippen molar-refractivity contribution in [3.05, 3.63) is 35.1 Å². The van der Waals surface area contributed by atoms with Gasteiger partial charge in [0.15, 0.2) is 17.5 Å². The highest BCUT2D eigenvalue weighted by molar-refractivity contribution is 6.30. The Balaban J connectivity index is 1.71. The topological polar surface area (TPSA) is 68.1 Å². The van der Waals surface area contributed by atoms with Gasteiger partial charge in [0.25, 0.3) is 0 Å². The SMILES string of the molecule is Cn1nc(-c2ccc(Cl)cc2)nc1C1C(=O)C2CCCCN2C1=O. The first-order chi connectivity index (χ1) is 11.6. The molecule has 0 saturated carbocycles. The normalized spacial score (nSPS) is 23.7. The number of rotatable bonds is 2. The molecule has 6 nitrogen and oxygen atoms in total. The predicted molar refractivity (Wildman–Crippen MR) is 88.5 cm³/mol. The molecule has 0 aliphatic carbocycles. The number of nitrogens with zero attached hydrogens (tertiary/aromatic N) is 4. The maximum Gasteiger partial charge on any atom is 0.241 e. The van der Waals surface area contributed by atoms with Gasteiger partial charge in [-0.1, -0.05) is 11.6 Å². The largest absolute Gasteiger partial charge is 0.332 e. The molecule has 2 atom stereocenters. The third kappa shape index (κ3) is 2.33. The molecule has 1 aromatic heterocycles. The first kappa shape index (κ1) is 15.3. The third-order valence-corrected chi connectivity index (χ3v) is 5.06. The van der Waals surface area contributed by atoms with Gasteiger partial charge in [0.1, 0.15) is 5.82 Å². The molecule has 0 bridgehead atoms. The number of aryl methyl sites for hydroxylation is 1. The van der Waals surface area contributed by atoms with E-state index < -0.39 is 5.92 Å². The summed E-state index contributed by atoms with van der Waals surface area (Å²) in [4.78, 5) is 31.6. The standard InChI is InChI=1S/C17H17ClN4O2/c1-21-16(19-15(20-21)10-5-7-11(18)8-6-10)13-14(23)12-4-2-3-9-22(12)17(13)24/h5-8,12-13H,2-4,9H2,1H3. The lowest BCUT2D eigenvalue weighted by molar-refractivity contribution is -0.131. The van der Waals surface area contributed by atoms with Crippen LogP contribution in [0.15, 0.2) is 24.3 Å². The van der Waals surface area contributed by atoms with Gasteiger partial charge < -0.3 is 4.90 Å². The van der Waals surface area contributed by atoms with E-state index in [-0.39, 0.29) is 17.7 Å². The third-order valence-electron chi connectivity index (χ3n) is 4.80. The van der Waals surface area contributed by atoms with Crippen molar-refractivity contribution in [2.45, 2.75) is 31.2 Å². The number of hydrogen-bond donors (Lipinski definition) is 0. The summed E-state index contributed by atoms with van der Waals surface area (Å²) in [5, 5.41) is 5.01. The summed E-state index contributed by atoms with van der Waals surface area (Å²) in [5.74, 6) is -0.0913. The van der Waals surface area contributed by atoms with E-state index in [1.54, 1.807) is 28.8 Å². The fraction of sp³-hybridized carbons (Fsp3) is 0.412. The van der Waals surface area contributed by atoms with Gasteiger partial charge >= 0.3 is 0 Å². The molecule has 124 valence electrons. The Hall–Kier alpha value is -2.21. The summed E-state index contributed by atoms with van der Waals surface area (Å²) in [6, 6.07) is 6.89. The molecule has 2 aliphatic heterocycles. The molecule has 0 N–H and O–H groups in total. The summed E-state index contributed by atoms with van der Waals surface area (Å²) < 4.78 is 1.54. The number of benzene rings is 1. The number of carbonyl (C=O) groups excluding carboxylic acids is 2. The van der Waals surface area contributed by atoms with Crippen LogP contribution in [0, 0.1) is 0 Å². The molecule has 24 heavy (non-hydrogen) atoms. The van der Waals surface area contributed by atoms with Gasteiger partial charge in [0.2, 0.25) is 5.91 Å². The monoisotopic (exact) mass is 344 g/mol. The van der Waals surface area contributed by atoms with Gasteiger partial charge in [-0.25, -0.2) is 4.98 Å². The Morgan fingerprint density at radius 1 is 1.17 bits per heavy atom. The number of carbonyl (C=O) groups is 2. The lowest BCUT2D eigenvalue weighted by Gasteiger charge is -2.27. The van der Waals surface area contributed by atoms with E-state index in [0.29, 0.717) is 23.2 Å². The number of halogens is 1. The van der Waals surface area contributed by atoms with Crippen molar-refractivity contribution in [1.82, 2.24) is 19.7 Å². The smallest absolute Gasteiger partial charge is 0.241 e. The minimum Gasteiger partial charge on any atom is -0.332 e. The lowest BCUT2D eigenvalue weighted by atomic mass is 9.97. The van der Waals surface area contributed by atoms with Crippen LogP contribution in [0.1, 0.15) is 31.0 Å². The Kier molecular flexibility index (Phi) is 3.64. The fourth-order valence-electron chi connectivity index (χ4n) is 3.58. The molecule has 3 heterocycles. The summed E-state index contributed by atoms with van der Waals surface area (Å²) in [6.07, 6.45) is 2.70. The van der Waals surface area contributed by atoms with E-state index in [1.165, 1.54) is 0 Å². The maximum atomic E-state index is 12.7. The highest BCUT2D eigenvalue weighted by Crippen LogP contribution is 2.34. The molecule has 1 amide bonds. The van der Waals surface area contributed by atoms with Gasteiger partial charge in [-0.15, -0.1) is 0 Å². The van der Waals surface area contributed by atoms with Gasteiger partial charge in [0.05, 0.1) is 6.04 Å². The molecular formula is C17H17ClN4O2. The average Bonchev–Trinajstić information content (AvgIpc) is 3.07. The molecule has 2 unspecified atom stereocenters. The quantitative estimate of drug-likeness (QED) is 0.783. The van der Waals surface area contributed by atoms with Crippen molar-refractivity contribution in [1.29, 1.82) is 0 Å². The van der Waals surface area contributed by atoms with Crippen LogP contribution >= 0.6 is 11.6 Å². The zero-order valence-corrected chi connectivity index (χ0v) is 14.0. The lowest BCUT2D eigenvalue weighted by Crippen LogP contribution is -2.39. The Morgan fingerprint density at radius 2 is 1.92 bits per heavy atom. The highest BCUT2D eigenvalue weighted by Gasteiger charge is 2.50. The van der Waals surface area contributed by atoms with Crippen LogP contribution in [-0.2, 0) is 16.6 Å². The molecule has 2 aromatic rings. The second-order valence-electron chi connectivity index (χ2n) is 6.30. The van der Waals surface area contributed by atoms with Crippen molar-refractivity contribution >= 4 is 23.3 Å². The Morgan fingerprint density at radius 3 is 2.62 bits per heavy atom. The minimum absolute atomic E-state index is 0.0437. The second kappa shape index (κ2) is 5.70. The molecule has 0 radical (unpaired) electrons. The number of amides is 1. The Bertz CT molecular complexity index is 790. The molecule has 2 fully saturated rings. The summed E-state index contributed by atoms with van der Waals surface area (Å²) >= 11 is 5.91. The molecule has 1 aromatic carbocycles. The predicted octanol–water partition coefficient (Wildman–Crippen LogP) is 2.18. The number of ketones is 1. The summed E-state index contributed by atoms with van der Waals surface area (Å²) in [7, 11) is 1.72. The van der Waals surface area contributed by atoms with E-state index in [1.807, 2.05) is 12.1 Å². The van der Waals surface area contributed by atoms with Crippen molar-refractivity contribution in [3.8, 4) is 11.4 Å². The first-order valence-corrected chi connectivity index (χ1v) is 8.45. The molecule has 2 aliphatic rings. The first-order valence-electron chi connectivity index (χ1n) is 8.07. The van der Waals surface area contributed by atoms with E-state index >= 15 is 0 Å². The molecular weight excluding hydrogens is 328 g/mol. The second-order valence-corrected chi connectivity index (χ2v) is 6.74. The Labute approximate surface area is 144 Å². The van der Waals surface area contributed by atoms with Crippen molar-refractivity contribution in [2.24, 2.45) is 7.05 Å². The van der Waals surface area contributed by atoms with Crippen LogP contribution < -0.4 is 0 Å². The van der Waals surface area contributed by atoms with Crippen LogP contribution in [0.4, 0.5) is 0 Å². The van der Waals surface area contributed by atoms with Crippen LogP contribution in [0.2, 0.25) is 5.02 Å². The summed E-state index contributed by atoms with van der Waals surface area (Å²) in [5.41, 5.74) is 0.803. The molecule has 7 heteroatoms. The number of fused-ring (bicyclic) bond motifs is 1. The minimum atomic E-state index is -0.827. The molecule has 2 saturated heterocycles. The zero-order chi connectivity index (χ0) is 16.8. The van der Waals surface area contributed by atoms with Crippen molar-refractivity contribution < 1.29 is 9.59 Å². The van der Waals surface area contributed by atoms with Gasteiger partial charge in [0, 0.05) is 24.2 Å².